The van der Waals surface area contributed by atoms with Gasteiger partial charge in [-0.2, -0.15) is 0 Å². The molecule has 1 aliphatic rings. The lowest BCUT2D eigenvalue weighted by Gasteiger charge is -2.31. The fourth-order valence-corrected chi connectivity index (χ4v) is 3.15. The minimum absolute atomic E-state index is 0.159. The summed E-state index contributed by atoms with van der Waals surface area (Å²) in [5, 5.41) is 0.777. The second-order valence-electron chi connectivity index (χ2n) is 6.44. The van der Waals surface area contributed by atoms with Gasteiger partial charge in [0.05, 0.1) is 19.3 Å². The monoisotopic (exact) mass is 347 g/mol. The molecule has 2 rings (SSSR count). The number of benzene rings is 1. The van der Waals surface area contributed by atoms with E-state index in [1.54, 1.807) is 0 Å². The molecule has 1 atom stereocenters. The SMILES string of the molecule is CCCCCCCCC#CC(c1ccc(Cl)cc1)N1CCOCC1. The molecule has 0 N–H and O–H groups in total. The lowest BCUT2D eigenvalue weighted by molar-refractivity contribution is 0.0269. The van der Waals surface area contributed by atoms with E-state index in [4.69, 9.17) is 16.3 Å². The topological polar surface area (TPSA) is 12.5 Å². The van der Waals surface area contributed by atoms with Gasteiger partial charge in [0.25, 0.3) is 0 Å². The van der Waals surface area contributed by atoms with E-state index in [9.17, 15) is 0 Å². The summed E-state index contributed by atoms with van der Waals surface area (Å²) in [5.41, 5.74) is 1.23. The summed E-state index contributed by atoms with van der Waals surface area (Å²) in [7, 11) is 0. The molecule has 1 heterocycles. The molecule has 1 unspecified atom stereocenters. The van der Waals surface area contributed by atoms with E-state index < -0.39 is 0 Å². The molecule has 0 spiro atoms. The number of rotatable bonds is 8. The maximum atomic E-state index is 6.03. The van der Waals surface area contributed by atoms with Crippen molar-refractivity contribution in [3.8, 4) is 11.8 Å². The molecule has 132 valence electrons. The van der Waals surface area contributed by atoms with E-state index in [1.807, 2.05) is 12.1 Å². The standard InChI is InChI=1S/C21H30ClNO/c1-2-3-4-5-6-7-8-9-10-21(23-15-17-24-18-16-23)19-11-13-20(22)14-12-19/h11-14,21H,2-8,15-18H2,1H3. The first-order chi connectivity index (χ1) is 11.8. The largest absolute Gasteiger partial charge is 0.379 e. The van der Waals surface area contributed by atoms with Gasteiger partial charge in [-0.05, 0) is 24.1 Å². The third-order valence-electron chi connectivity index (χ3n) is 4.49. The molecule has 1 saturated heterocycles. The second kappa shape index (κ2) is 11.5. The Morgan fingerprint density at radius 3 is 2.42 bits per heavy atom. The normalized spacial score (nSPS) is 16.4. The van der Waals surface area contributed by atoms with Crippen LogP contribution in [0.5, 0.6) is 0 Å². The van der Waals surface area contributed by atoms with Crippen LogP contribution in [0.15, 0.2) is 24.3 Å². The van der Waals surface area contributed by atoms with E-state index in [-0.39, 0.29) is 6.04 Å². The lowest BCUT2D eigenvalue weighted by atomic mass is 10.0. The third kappa shape index (κ3) is 6.85. The fourth-order valence-electron chi connectivity index (χ4n) is 3.03. The summed E-state index contributed by atoms with van der Waals surface area (Å²) >= 11 is 6.03. The minimum Gasteiger partial charge on any atom is -0.379 e. The van der Waals surface area contributed by atoms with Gasteiger partial charge in [-0.25, -0.2) is 0 Å². The maximum Gasteiger partial charge on any atom is 0.0972 e. The van der Waals surface area contributed by atoms with Crippen molar-refractivity contribution in [1.29, 1.82) is 0 Å². The number of unbranched alkanes of at least 4 members (excludes halogenated alkanes) is 6. The molecule has 1 aliphatic heterocycles. The first-order valence-corrected chi connectivity index (χ1v) is 9.74. The van der Waals surface area contributed by atoms with Gasteiger partial charge in [0.2, 0.25) is 0 Å². The summed E-state index contributed by atoms with van der Waals surface area (Å²) in [6, 6.07) is 8.27. The van der Waals surface area contributed by atoms with Gasteiger partial charge in [-0.1, -0.05) is 68.7 Å². The first kappa shape index (κ1) is 19.3. The lowest BCUT2D eigenvalue weighted by Crippen LogP contribution is -2.38. The molecular formula is C21H30ClNO. The molecule has 0 saturated carbocycles. The van der Waals surface area contributed by atoms with Gasteiger partial charge in [0.1, 0.15) is 0 Å². The molecule has 2 nitrogen and oxygen atoms in total. The smallest absolute Gasteiger partial charge is 0.0972 e. The van der Waals surface area contributed by atoms with Crippen molar-refractivity contribution in [2.75, 3.05) is 26.3 Å². The number of ether oxygens (including phenoxy) is 1. The Kier molecular flexibility index (Phi) is 9.28. The average Bonchev–Trinajstić information content (AvgIpc) is 2.62. The number of morpholine rings is 1. The fraction of sp³-hybridized carbons (Fsp3) is 0.619. The number of halogens is 1. The van der Waals surface area contributed by atoms with Crippen molar-refractivity contribution in [3.05, 3.63) is 34.9 Å². The Morgan fingerprint density at radius 2 is 1.71 bits per heavy atom. The third-order valence-corrected chi connectivity index (χ3v) is 4.74. The average molecular weight is 348 g/mol. The number of hydrogen-bond acceptors (Lipinski definition) is 2. The zero-order valence-electron chi connectivity index (χ0n) is 14.9. The Morgan fingerprint density at radius 1 is 1.04 bits per heavy atom. The first-order valence-electron chi connectivity index (χ1n) is 9.37. The summed E-state index contributed by atoms with van der Waals surface area (Å²) in [5.74, 6) is 6.93. The zero-order chi connectivity index (χ0) is 17.0. The van der Waals surface area contributed by atoms with Gasteiger partial charge in [0, 0.05) is 24.5 Å². The minimum atomic E-state index is 0.159. The van der Waals surface area contributed by atoms with Crippen molar-refractivity contribution < 1.29 is 4.74 Å². The zero-order valence-corrected chi connectivity index (χ0v) is 15.7. The molecule has 0 radical (unpaired) electrons. The molecule has 0 aromatic heterocycles. The van der Waals surface area contributed by atoms with Gasteiger partial charge in [-0.3, -0.25) is 4.90 Å². The molecular weight excluding hydrogens is 318 g/mol. The molecule has 1 aromatic rings. The van der Waals surface area contributed by atoms with Crippen molar-refractivity contribution in [1.82, 2.24) is 4.90 Å². The Hall–Kier alpha value is -1.01. The Bertz CT molecular complexity index is 511. The van der Waals surface area contributed by atoms with Crippen LogP contribution < -0.4 is 0 Å². The predicted octanol–water partition coefficient (Wildman–Crippen LogP) is 5.47. The highest BCUT2D eigenvalue weighted by molar-refractivity contribution is 6.30. The maximum absolute atomic E-state index is 6.03. The van der Waals surface area contributed by atoms with Gasteiger partial charge in [0.15, 0.2) is 0 Å². The Labute approximate surface area is 152 Å². The highest BCUT2D eigenvalue weighted by Crippen LogP contribution is 2.23. The van der Waals surface area contributed by atoms with Crippen LogP contribution in [0, 0.1) is 11.8 Å². The molecule has 1 aromatic carbocycles. The van der Waals surface area contributed by atoms with Crippen LogP contribution in [0.25, 0.3) is 0 Å². The van der Waals surface area contributed by atoms with E-state index >= 15 is 0 Å². The summed E-state index contributed by atoms with van der Waals surface area (Å²) in [6.07, 6.45) is 8.90. The molecule has 3 heteroatoms. The Balaban J connectivity index is 1.89. The summed E-state index contributed by atoms with van der Waals surface area (Å²) in [4.78, 5) is 2.42. The molecule has 24 heavy (non-hydrogen) atoms. The van der Waals surface area contributed by atoms with Crippen LogP contribution >= 0.6 is 11.6 Å². The van der Waals surface area contributed by atoms with Crippen molar-refractivity contribution >= 4 is 11.6 Å². The second-order valence-corrected chi connectivity index (χ2v) is 6.88. The van der Waals surface area contributed by atoms with Crippen LogP contribution in [-0.4, -0.2) is 31.2 Å². The van der Waals surface area contributed by atoms with Crippen molar-refractivity contribution in [2.45, 2.75) is 57.9 Å². The highest BCUT2D eigenvalue weighted by Gasteiger charge is 2.20. The number of hydrogen-bond donors (Lipinski definition) is 0. The van der Waals surface area contributed by atoms with E-state index in [1.165, 1.54) is 44.1 Å². The van der Waals surface area contributed by atoms with Gasteiger partial charge < -0.3 is 4.74 Å². The molecule has 0 amide bonds. The molecule has 1 fully saturated rings. The van der Waals surface area contributed by atoms with E-state index in [0.29, 0.717) is 0 Å². The van der Waals surface area contributed by atoms with Crippen LogP contribution in [0.4, 0.5) is 0 Å². The van der Waals surface area contributed by atoms with Crippen molar-refractivity contribution in [2.24, 2.45) is 0 Å². The van der Waals surface area contributed by atoms with Gasteiger partial charge >= 0.3 is 0 Å². The predicted molar refractivity (Wildman–Crippen MR) is 102 cm³/mol. The quantitative estimate of drug-likeness (QED) is 0.457. The van der Waals surface area contributed by atoms with E-state index in [0.717, 1.165) is 37.7 Å². The highest BCUT2D eigenvalue weighted by atomic mass is 35.5. The molecule has 0 bridgehead atoms. The summed E-state index contributed by atoms with van der Waals surface area (Å²) < 4.78 is 5.48. The van der Waals surface area contributed by atoms with Crippen LogP contribution in [-0.2, 0) is 4.74 Å². The van der Waals surface area contributed by atoms with Crippen molar-refractivity contribution in [3.63, 3.8) is 0 Å². The van der Waals surface area contributed by atoms with Crippen LogP contribution in [0.1, 0.15) is 63.5 Å². The van der Waals surface area contributed by atoms with Crippen LogP contribution in [0.2, 0.25) is 5.02 Å². The number of nitrogens with zero attached hydrogens (tertiary/aromatic N) is 1. The molecule has 0 aliphatic carbocycles. The van der Waals surface area contributed by atoms with Gasteiger partial charge in [-0.15, -0.1) is 5.92 Å². The summed E-state index contributed by atoms with van der Waals surface area (Å²) in [6.45, 7) is 5.73. The van der Waals surface area contributed by atoms with E-state index in [2.05, 4.69) is 35.8 Å². The van der Waals surface area contributed by atoms with Crippen LogP contribution in [0.3, 0.4) is 0 Å².